The van der Waals surface area contributed by atoms with Gasteiger partial charge >= 0.3 is 0 Å². The molecule has 0 amide bonds. The molecule has 19 heavy (non-hydrogen) atoms. The second-order valence-corrected chi connectivity index (χ2v) is 7.03. The standard InChI is InChI=1S/C14H22N2O2S/c1-10-13(9-15)7-4-8-14(10)19(17,18)16-11(2)12-5-3-6-12/h4,7-8,11-12,16H,3,5-6,9,15H2,1-2H3. The second kappa shape index (κ2) is 5.61. The van der Waals surface area contributed by atoms with Gasteiger partial charge in [0.25, 0.3) is 0 Å². The maximum absolute atomic E-state index is 12.4. The molecule has 1 fully saturated rings. The fourth-order valence-corrected chi connectivity index (χ4v) is 4.12. The van der Waals surface area contributed by atoms with Gasteiger partial charge < -0.3 is 5.73 Å². The van der Waals surface area contributed by atoms with Gasteiger partial charge in [-0.15, -0.1) is 0 Å². The third kappa shape index (κ3) is 2.99. The van der Waals surface area contributed by atoms with Crippen LogP contribution in [0.5, 0.6) is 0 Å². The lowest BCUT2D eigenvalue weighted by atomic mass is 9.81. The predicted molar refractivity (Wildman–Crippen MR) is 76.2 cm³/mol. The Kier molecular flexibility index (Phi) is 4.28. The maximum atomic E-state index is 12.4. The lowest BCUT2D eigenvalue weighted by molar-refractivity contribution is 0.260. The molecule has 1 unspecified atom stereocenters. The minimum Gasteiger partial charge on any atom is -0.326 e. The Bertz CT molecular complexity index is 551. The maximum Gasteiger partial charge on any atom is 0.241 e. The summed E-state index contributed by atoms with van der Waals surface area (Å²) >= 11 is 0. The highest BCUT2D eigenvalue weighted by atomic mass is 32.2. The van der Waals surface area contributed by atoms with Gasteiger partial charge in [-0.3, -0.25) is 0 Å². The number of benzene rings is 1. The Labute approximate surface area is 115 Å². The van der Waals surface area contributed by atoms with Gasteiger partial charge in [0.05, 0.1) is 4.90 Å². The summed E-state index contributed by atoms with van der Waals surface area (Å²) in [6.07, 6.45) is 3.44. The predicted octanol–water partition coefficient (Wildman–Crippen LogP) is 1.92. The van der Waals surface area contributed by atoms with Crippen LogP contribution in [-0.2, 0) is 16.6 Å². The summed E-state index contributed by atoms with van der Waals surface area (Å²) in [5.41, 5.74) is 7.25. The van der Waals surface area contributed by atoms with E-state index in [0.29, 0.717) is 17.4 Å². The summed E-state index contributed by atoms with van der Waals surface area (Å²) in [5, 5.41) is 0. The molecule has 1 saturated carbocycles. The topological polar surface area (TPSA) is 72.2 Å². The van der Waals surface area contributed by atoms with Crippen LogP contribution in [0.3, 0.4) is 0 Å². The zero-order valence-electron chi connectivity index (χ0n) is 11.5. The van der Waals surface area contributed by atoms with Gasteiger partial charge in [-0.2, -0.15) is 0 Å². The van der Waals surface area contributed by atoms with Gasteiger partial charge in [-0.25, -0.2) is 13.1 Å². The van der Waals surface area contributed by atoms with E-state index in [1.807, 2.05) is 19.9 Å². The number of nitrogens with one attached hydrogen (secondary N) is 1. The molecular weight excluding hydrogens is 260 g/mol. The van der Waals surface area contributed by atoms with Crippen LogP contribution in [0.4, 0.5) is 0 Å². The Hall–Kier alpha value is -0.910. The third-order valence-electron chi connectivity index (χ3n) is 4.10. The SMILES string of the molecule is Cc1c(CN)cccc1S(=O)(=O)NC(C)C1CCC1. The van der Waals surface area contributed by atoms with Gasteiger partial charge in [-0.1, -0.05) is 18.6 Å². The smallest absolute Gasteiger partial charge is 0.241 e. The molecule has 0 spiro atoms. The van der Waals surface area contributed by atoms with E-state index in [1.165, 1.54) is 6.42 Å². The molecule has 0 radical (unpaired) electrons. The Balaban J connectivity index is 2.23. The first-order valence-corrected chi connectivity index (χ1v) is 8.25. The van der Waals surface area contributed by atoms with Crippen molar-refractivity contribution in [3.8, 4) is 0 Å². The van der Waals surface area contributed by atoms with Crippen LogP contribution in [0.2, 0.25) is 0 Å². The lowest BCUT2D eigenvalue weighted by Gasteiger charge is -2.31. The minimum absolute atomic E-state index is 0.000294. The first kappa shape index (κ1) is 14.5. The monoisotopic (exact) mass is 282 g/mol. The van der Waals surface area contributed by atoms with Crippen LogP contribution in [-0.4, -0.2) is 14.5 Å². The van der Waals surface area contributed by atoms with Crippen LogP contribution in [0.15, 0.2) is 23.1 Å². The van der Waals surface area contributed by atoms with Gasteiger partial charge in [0.1, 0.15) is 0 Å². The molecule has 0 aliphatic heterocycles. The highest BCUT2D eigenvalue weighted by Crippen LogP contribution is 2.30. The van der Waals surface area contributed by atoms with Crippen LogP contribution in [0.25, 0.3) is 0 Å². The summed E-state index contributed by atoms with van der Waals surface area (Å²) in [4.78, 5) is 0.349. The Morgan fingerprint density at radius 1 is 1.42 bits per heavy atom. The van der Waals surface area contributed by atoms with Crippen LogP contribution in [0, 0.1) is 12.8 Å². The van der Waals surface area contributed by atoms with Crippen molar-refractivity contribution in [2.45, 2.75) is 50.6 Å². The summed E-state index contributed by atoms with van der Waals surface area (Å²) in [7, 11) is -3.45. The number of nitrogens with two attached hydrogens (primary N) is 1. The van der Waals surface area contributed by atoms with Gasteiger partial charge in [0.15, 0.2) is 0 Å². The molecule has 5 heteroatoms. The van der Waals surface area contributed by atoms with Crippen molar-refractivity contribution in [2.75, 3.05) is 0 Å². The molecule has 3 N–H and O–H groups in total. The molecule has 1 atom stereocenters. The van der Waals surface area contributed by atoms with E-state index < -0.39 is 10.0 Å². The molecule has 106 valence electrons. The molecule has 1 aliphatic carbocycles. The number of hydrogen-bond acceptors (Lipinski definition) is 3. The molecule has 0 saturated heterocycles. The van der Waals surface area contributed by atoms with Gasteiger partial charge in [0.2, 0.25) is 10.0 Å². The highest BCUT2D eigenvalue weighted by molar-refractivity contribution is 7.89. The third-order valence-corrected chi connectivity index (χ3v) is 5.81. The van der Waals surface area contributed by atoms with E-state index in [4.69, 9.17) is 5.73 Å². The summed E-state index contributed by atoms with van der Waals surface area (Å²) in [5.74, 6) is 0.479. The first-order chi connectivity index (χ1) is 8.95. The Morgan fingerprint density at radius 2 is 2.11 bits per heavy atom. The highest BCUT2D eigenvalue weighted by Gasteiger charge is 2.28. The molecule has 1 aliphatic rings. The molecular formula is C14H22N2O2S. The van der Waals surface area contributed by atoms with E-state index in [2.05, 4.69) is 4.72 Å². The molecule has 0 heterocycles. The summed E-state index contributed by atoms with van der Waals surface area (Å²) < 4.78 is 27.6. The van der Waals surface area contributed by atoms with Crippen molar-refractivity contribution < 1.29 is 8.42 Å². The fourth-order valence-electron chi connectivity index (χ4n) is 2.52. The van der Waals surface area contributed by atoms with Crippen molar-refractivity contribution >= 4 is 10.0 Å². The van der Waals surface area contributed by atoms with Crippen molar-refractivity contribution in [1.29, 1.82) is 0 Å². The molecule has 1 aromatic carbocycles. The normalized spacial score (nSPS) is 18.1. The van der Waals surface area contributed by atoms with Crippen LogP contribution in [0.1, 0.15) is 37.3 Å². The van der Waals surface area contributed by atoms with Crippen molar-refractivity contribution in [2.24, 2.45) is 11.7 Å². The van der Waals surface area contributed by atoms with E-state index in [9.17, 15) is 8.42 Å². The quantitative estimate of drug-likeness (QED) is 0.866. The van der Waals surface area contributed by atoms with Gasteiger partial charge in [0, 0.05) is 12.6 Å². The number of sulfonamides is 1. The largest absolute Gasteiger partial charge is 0.326 e. The average molecular weight is 282 g/mol. The first-order valence-electron chi connectivity index (χ1n) is 6.76. The van der Waals surface area contributed by atoms with Crippen LogP contribution >= 0.6 is 0 Å². The van der Waals surface area contributed by atoms with Crippen molar-refractivity contribution in [3.05, 3.63) is 29.3 Å². The summed E-state index contributed by atoms with van der Waals surface area (Å²) in [6.45, 7) is 4.11. The van der Waals surface area contributed by atoms with Crippen LogP contribution < -0.4 is 10.5 Å². The van der Waals surface area contributed by atoms with E-state index in [1.54, 1.807) is 12.1 Å². The van der Waals surface area contributed by atoms with Gasteiger partial charge in [-0.05, 0) is 49.8 Å². The number of rotatable bonds is 5. The zero-order chi connectivity index (χ0) is 14.0. The molecule has 4 nitrogen and oxygen atoms in total. The second-order valence-electron chi connectivity index (χ2n) is 5.35. The number of hydrogen-bond donors (Lipinski definition) is 2. The minimum atomic E-state index is -3.45. The summed E-state index contributed by atoms with van der Waals surface area (Å²) in [6, 6.07) is 5.26. The van der Waals surface area contributed by atoms with E-state index >= 15 is 0 Å². The lowest BCUT2D eigenvalue weighted by Crippen LogP contribution is -2.40. The van der Waals surface area contributed by atoms with Crippen molar-refractivity contribution in [1.82, 2.24) is 4.72 Å². The van der Waals surface area contributed by atoms with E-state index in [0.717, 1.165) is 24.0 Å². The zero-order valence-corrected chi connectivity index (χ0v) is 12.3. The average Bonchev–Trinajstić information content (AvgIpc) is 2.25. The molecule has 1 aromatic rings. The fraction of sp³-hybridized carbons (Fsp3) is 0.571. The molecule has 0 aromatic heterocycles. The Morgan fingerprint density at radius 3 is 2.63 bits per heavy atom. The van der Waals surface area contributed by atoms with Crippen molar-refractivity contribution in [3.63, 3.8) is 0 Å². The van der Waals surface area contributed by atoms with E-state index in [-0.39, 0.29) is 6.04 Å². The molecule has 2 rings (SSSR count). The molecule has 0 bridgehead atoms.